The molecule has 0 radical (unpaired) electrons. The predicted molar refractivity (Wildman–Crippen MR) is 88.7 cm³/mol. The summed E-state index contributed by atoms with van der Waals surface area (Å²) < 4.78 is 1.93. The Morgan fingerprint density at radius 2 is 2.14 bits per heavy atom. The van der Waals surface area contributed by atoms with Gasteiger partial charge in [0.25, 0.3) is 0 Å². The lowest BCUT2D eigenvalue weighted by atomic mass is 9.90. The molecule has 0 bridgehead atoms. The molecule has 1 aliphatic heterocycles. The average molecular weight is 313 g/mol. The Balaban J connectivity index is 2.24. The van der Waals surface area contributed by atoms with E-state index in [1.165, 1.54) is 0 Å². The third-order valence-electron chi connectivity index (χ3n) is 4.92. The van der Waals surface area contributed by atoms with Gasteiger partial charge in [0.05, 0.1) is 16.4 Å². The van der Waals surface area contributed by atoms with Gasteiger partial charge < -0.3 is 5.32 Å². The number of nitrogens with zero attached hydrogens (tertiary/aromatic N) is 3. The van der Waals surface area contributed by atoms with Crippen LogP contribution in [0, 0.1) is 12.8 Å². The molecular formula is C16H29ClN4. The summed E-state index contributed by atoms with van der Waals surface area (Å²) in [7, 11) is 1.99. The molecular weight excluding hydrogens is 284 g/mol. The molecule has 2 unspecified atom stereocenters. The van der Waals surface area contributed by atoms with Crippen molar-refractivity contribution in [1.82, 2.24) is 20.0 Å². The normalized spacial score (nSPS) is 27.5. The molecule has 21 heavy (non-hydrogen) atoms. The molecule has 0 spiro atoms. The van der Waals surface area contributed by atoms with Gasteiger partial charge in [-0.3, -0.25) is 9.58 Å². The topological polar surface area (TPSA) is 33.1 Å². The molecule has 4 nitrogen and oxygen atoms in total. The van der Waals surface area contributed by atoms with Gasteiger partial charge in [0.2, 0.25) is 0 Å². The predicted octanol–water partition coefficient (Wildman–Crippen LogP) is 2.98. The first-order chi connectivity index (χ1) is 9.77. The zero-order valence-electron chi connectivity index (χ0n) is 14.2. The maximum absolute atomic E-state index is 6.44. The summed E-state index contributed by atoms with van der Waals surface area (Å²) in [6, 6.07) is 0.538. The van der Waals surface area contributed by atoms with E-state index in [4.69, 9.17) is 11.6 Å². The fraction of sp³-hybridized carbons (Fsp3) is 0.812. The Kier molecular flexibility index (Phi) is 5.01. The van der Waals surface area contributed by atoms with Gasteiger partial charge in [0.1, 0.15) is 0 Å². The first-order valence-electron chi connectivity index (χ1n) is 7.94. The molecule has 1 saturated heterocycles. The molecule has 1 aliphatic rings. The largest absolute Gasteiger partial charge is 0.309 e. The molecule has 0 aromatic carbocycles. The van der Waals surface area contributed by atoms with E-state index < -0.39 is 0 Å². The highest BCUT2D eigenvalue weighted by Gasteiger charge is 2.36. The fourth-order valence-electron chi connectivity index (χ4n) is 3.21. The second-order valence-corrected chi connectivity index (χ2v) is 7.36. The molecule has 0 aliphatic carbocycles. The standard InChI is InChI=1S/C16H29ClN4/c1-7-16(5)10-21(13(8-18-16)11(2)3)9-14-15(17)12(4)19-20(14)6/h11,13,18H,7-10H2,1-6H3. The summed E-state index contributed by atoms with van der Waals surface area (Å²) in [5.41, 5.74) is 2.23. The monoisotopic (exact) mass is 312 g/mol. The van der Waals surface area contributed by atoms with Gasteiger partial charge in [-0.05, 0) is 26.2 Å². The van der Waals surface area contributed by atoms with Crippen LogP contribution in [0.4, 0.5) is 0 Å². The zero-order chi connectivity index (χ0) is 15.8. The van der Waals surface area contributed by atoms with Crippen molar-refractivity contribution < 1.29 is 0 Å². The Hall–Kier alpha value is -0.580. The summed E-state index contributed by atoms with van der Waals surface area (Å²) in [5, 5.41) is 8.99. The number of halogens is 1. The molecule has 1 fully saturated rings. The number of hydrogen-bond acceptors (Lipinski definition) is 3. The van der Waals surface area contributed by atoms with E-state index in [1.807, 2.05) is 18.7 Å². The molecule has 2 heterocycles. The Morgan fingerprint density at radius 3 is 2.62 bits per heavy atom. The highest BCUT2D eigenvalue weighted by molar-refractivity contribution is 6.31. The summed E-state index contributed by atoms with van der Waals surface area (Å²) in [4.78, 5) is 2.58. The van der Waals surface area contributed by atoms with E-state index in [0.29, 0.717) is 12.0 Å². The third kappa shape index (κ3) is 3.43. The van der Waals surface area contributed by atoms with E-state index in [2.05, 4.69) is 43.0 Å². The van der Waals surface area contributed by atoms with Gasteiger partial charge in [-0.15, -0.1) is 0 Å². The van der Waals surface area contributed by atoms with E-state index in [9.17, 15) is 0 Å². The Labute approximate surface area is 133 Å². The highest BCUT2D eigenvalue weighted by atomic mass is 35.5. The SMILES string of the molecule is CCC1(C)CN(Cc2c(Cl)c(C)nn2C)C(C(C)C)CN1. The Bertz CT molecular complexity index is 497. The van der Waals surface area contributed by atoms with Crippen LogP contribution in [0.5, 0.6) is 0 Å². The molecule has 2 atom stereocenters. The van der Waals surface area contributed by atoms with Gasteiger partial charge in [0, 0.05) is 38.3 Å². The summed E-state index contributed by atoms with van der Waals surface area (Å²) >= 11 is 6.44. The molecule has 2 rings (SSSR count). The highest BCUT2D eigenvalue weighted by Crippen LogP contribution is 2.27. The Morgan fingerprint density at radius 1 is 1.48 bits per heavy atom. The maximum atomic E-state index is 6.44. The van der Waals surface area contributed by atoms with Crippen molar-refractivity contribution in [1.29, 1.82) is 0 Å². The minimum Gasteiger partial charge on any atom is -0.309 e. The van der Waals surface area contributed by atoms with E-state index in [0.717, 1.165) is 42.5 Å². The van der Waals surface area contributed by atoms with E-state index in [-0.39, 0.29) is 5.54 Å². The number of piperazine rings is 1. The molecule has 0 saturated carbocycles. The van der Waals surface area contributed by atoms with Crippen LogP contribution in [0.25, 0.3) is 0 Å². The van der Waals surface area contributed by atoms with Crippen molar-refractivity contribution in [2.75, 3.05) is 13.1 Å². The van der Waals surface area contributed by atoms with Gasteiger partial charge in [-0.25, -0.2) is 0 Å². The van der Waals surface area contributed by atoms with Crippen molar-refractivity contribution in [2.24, 2.45) is 13.0 Å². The van der Waals surface area contributed by atoms with E-state index in [1.54, 1.807) is 0 Å². The summed E-state index contributed by atoms with van der Waals surface area (Å²) in [6.07, 6.45) is 1.13. The minimum absolute atomic E-state index is 0.186. The first-order valence-corrected chi connectivity index (χ1v) is 8.32. The van der Waals surface area contributed by atoms with Crippen LogP contribution < -0.4 is 5.32 Å². The van der Waals surface area contributed by atoms with Crippen LogP contribution >= 0.6 is 11.6 Å². The van der Waals surface area contributed by atoms with E-state index >= 15 is 0 Å². The fourth-order valence-corrected chi connectivity index (χ4v) is 3.43. The lowest BCUT2D eigenvalue weighted by molar-refractivity contribution is 0.0520. The second-order valence-electron chi connectivity index (χ2n) is 6.98. The third-order valence-corrected chi connectivity index (χ3v) is 5.42. The second kappa shape index (κ2) is 6.27. The van der Waals surface area contributed by atoms with Crippen LogP contribution in [0.3, 0.4) is 0 Å². The van der Waals surface area contributed by atoms with Gasteiger partial charge in [-0.2, -0.15) is 5.10 Å². The molecule has 5 heteroatoms. The quantitative estimate of drug-likeness (QED) is 0.928. The maximum Gasteiger partial charge on any atom is 0.0860 e. The summed E-state index contributed by atoms with van der Waals surface area (Å²) in [6.45, 7) is 14.1. The van der Waals surface area contributed by atoms with Crippen LogP contribution in [0.15, 0.2) is 0 Å². The minimum atomic E-state index is 0.186. The van der Waals surface area contributed by atoms with Crippen molar-refractivity contribution >= 4 is 11.6 Å². The van der Waals surface area contributed by atoms with Gasteiger partial charge >= 0.3 is 0 Å². The molecule has 0 amide bonds. The molecule has 120 valence electrons. The molecule has 1 N–H and O–H groups in total. The summed E-state index contributed by atoms with van der Waals surface area (Å²) in [5.74, 6) is 0.618. The van der Waals surface area contributed by atoms with Crippen molar-refractivity contribution in [3.63, 3.8) is 0 Å². The average Bonchev–Trinajstić information content (AvgIpc) is 2.65. The number of aryl methyl sites for hydroxylation is 2. The van der Waals surface area contributed by atoms with Crippen molar-refractivity contribution in [2.45, 2.75) is 59.2 Å². The van der Waals surface area contributed by atoms with Gasteiger partial charge in [0.15, 0.2) is 0 Å². The van der Waals surface area contributed by atoms with Crippen molar-refractivity contribution in [3.05, 3.63) is 16.4 Å². The van der Waals surface area contributed by atoms with Gasteiger partial charge in [-0.1, -0.05) is 32.4 Å². The van der Waals surface area contributed by atoms with Crippen LogP contribution in [-0.2, 0) is 13.6 Å². The zero-order valence-corrected chi connectivity index (χ0v) is 15.0. The lowest BCUT2D eigenvalue weighted by Gasteiger charge is -2.47. The number of hydrogen-bond donors (Lipinski definition) is 1. The smallest absolute Gasteiger partial charge is 0.0860 e. The lowest BCUT2D eigenvalue weighted by Crippen LogP contribution is -2.63. The van der Waals surface area contributed by atoms with Crippen LogP contribution in [0.2, 0.25) is 5.02 Å². The number of aromatic nitrogens is 2. The first kappa shape index (κ1) is 16.8. The molecule has 1 aromatic heterocycles. The number of rotatable bonds is 4. The van der Waals surface area contributed by atoms with Crippen LogP contribution in [-0.4, -0.2) is 39.4 Å². The molecule has 1 aromatic rings. The number of nitrogens with one attached hydrogen (secondary N) is 1. The van der Waals surface area contributed by atoms with Crippen molar-refractivity contribution in [3.8, 4) is 0 Å². The van der Waals surface area contributed by atoms with Crippen LogP contribution in [0.1, 0.15) is 45.5 Å².